The molecule has 0 amide bonds. The van der Waals surface area contributed by atoms with Gasteiger partial charge in [-0.3, -0.25) is 4.90 Å². The van der Waals surface area contributed by atoms with E-state index in [-0.39, 0.29) is 6.04 Å². The zero-order chi connectivity index (χ0) is 19.3. The monoisotopic (exact) mass is 386 g/mol. The number of rotatable bonds is 6. The van der Waals surface area contributed by atoms with Crippen molar-refractivity contribution in [2.24, 2.45) is 5.92 Å². The summed E-state index contributed by atoms with van der Waals surface area (Å²) in [5.41, 5.74) is 1.15. The number of piperidine rings is 1. The molecule has 1 fully saturated rings. The highest BCUT2D eigenvalue weighted by Crippen LogP contribution is 2.32. The third kappa shape index (κ3) is 6.28. The molecule has 7 heteroatoms. The van der Waals surface area contributed by atoms with E-state index in [0.717, 1.165) is 49.3 Å². The maximum Gasteiger partial charge on any atom is 0.401 e. The smallest absolute Gasteiger partial charge is 0.401 e. The molecule has 0 bridgehead atoms. The normalized spacial score (nSPS) is 20.3. The van der Waals surface area contributed by atoms with Gasteiger partial charge in [0.2, 0.25) is 0 Å². The molecule has 27 heavy (non-hydrogen) atoms. The summed E-state index contributed by atoms with van der Waals surface area (Å²) in [5.74, 6) is 2.10. The van der Waals surface area contributed by atoms with Crippen LogP contribution in [0.4, 0.5) is 13.2 Å². The van der Waals surface area contributed by atoms with E-state index in [1.54, 1.807) is 0 Å². The van der Waals surface area contributed by atoms with Crippen LogP contribution >= 0.6 is 0 Å². The van der Waals surface area contributed by atoms with Gasteiger partial charge < -0.3 is 14.8 Å². The van der Waals surface area contributed by atoms with Crippen LogP contribution in [0.2, 0.25) is 0 Å². The predicted molar refractivity (Wildman–Crippen MR) is 98.3 cm³/mol. The molecule has 1 aromatic rings. The van der Waals surface area contributed by atoms with Gasteiger partial charge in [-0.2, -0.15) is 13.2 Å². The fraction of sp³-hybridized carbons (Fsp3) is 0.700. The summed E-state index contributed by atoms with van der Waals surface area (Å²) in [6.45, 7) is 4.64. The lowest BCUT2D eigenvalue weighted by molar-refractivity contribution is -0.148. The number of fused-ring (bicyclic) bond motifs is 1. The van der Waals surface area contributed by atoms with E-state index in [9.17, 15) is 13.2 Å². The Morgan fingerprint density at radius 1 is 1.15 bits per heavy atom. The Labute approximate surface area is 159 Å². The Hall–Kier alpha value is -1.47. The Morgan fingerprint density at radius 3 is 2.56 bits per heavy atom. The van der Waals surface area contributed by atoms with Crippen LogP contribution in [0.25, 0.3) is 0 Å². The molecule has 0 aromatic heterocycles. The van der Waals surface area contributed by atoms with E-state index in [4.69, 9.17) is 9.47 Å². The van der Waals surface area contributed by atoms with Crippen LogP contribution in [-0.4, -0.2) is 50.5 Å². The van der Waals surface area contributed by atoms with Gasteiger partial charge in [0.25, 0.3) is 0 Å². The van der Waals surface area contributed by atoms with Crippen molar-refractivity contribution in [3.05, 3.63) is 23.8 Å². The topological polar surface area (TPSA) is 33.7 Å². The van der Waals surface area contributed by atoms with Crippen LogP contribution in [0.5, 0.6) is 11.5 Å². The summed E-state index contributed by atoms with van der Waals surface area (Å²) in [5, 5.41) is 3.53. The van der Waals surface area contributed by atoms with Crippen LogP contribution in [0, 0.1) is 5.92 Å². The van der Waals surface area contributed by atoms with Crippen molar-refractivity contribution in [2.45, 2.75) is 44.8 Å². The van der Waals surface area contributed by atoms with Gasteiger partial charge >= 0.3 is 6.18 Å². The van der Waals surface area contributed by atoms with Gasteiger partial charge in [0.15, 0.2) is 11.5 Å². The zero-order valence-corrected chi connectivity index (χ0v) is 15.9. The molecule has 0 saturated carbocycles. The van der Waals surface area contributed by atoms with Crippen LogP contribution in [0.15, 0.2) is 18.2 Å². The molecule has 0 radical (unpaired) electrons. The Morgan fingerprint density at radius 2 is 1.85 bits per heavy atom. The number of hydrogen-bond acceptors (Lipinski definition) is 4. The molecular weight excluding hydrogens is 357 g/mol. The molecule has 4 nitrogen and oxygen atoms in total. The highest BCUT2D eigenvalue weighted by atomic mass is 19.4. The number of nitrogens with one attached hydrogen (secondary N) is 1. The molecule has 1 atom stereocenters. The molecule has 0 spiro atoms. The van der Waals surface area contributed by atoms with Crippen molar-refractivity contribution in [3.63, 3.8) is 0 Å². The highest BCUT2D eigenvalue weighted by molar-refractivity contribution is 5.44. The number of alkyl halides is 3. The van der Waals surface area contributed by atoms with Gasteiger partial charge in [0.1, 0.15) is 0 Å². The minimum Gasteiger partial charge on any atom is -0.490 e. The first-order valence-corrected chi connectivity index (χ1v) is 9.83. The number of nitrogens with zero attached hydrogens (tertiary/aromatic N) is 1. The Bertz CT molecular complexity index is 601. The van der Waals surface area contributed by atoms with E-state index < -0.39 is 12.7 Å². The largest absolute Gasteiger partial charge is 0.490 e. The first-order chi connectivity index (χ1) is 12.9. The van der Waals surface area contributed by atoms with Crippen LogP contribution in [0.1, 0.15) is 44.2 Å². The molecule has 2 aliphatic heterocycles. The maximum absolute atomic E-state index is 12.4. The van der Waals surface area contributed by atoms with Gasteiger partial charge in [-0.1, -0.05) is 6.07 Å². The first-order valence-electron chi connectivity index (χ1n) is 9.83. The third-order valence-electron chi connectivity index (χ3n) is 5.38. The van der Waals surface area contributed by atoms with Crippen molar-refractivity contribution in [2.75, 3.05) is 39.4 Å². The second-order valence-corrected chi connectivity index (χ2v) is 7.56. The summed E-state index contributed by atoms with van der Waals surface area (Å²) >= 11 is 0. The summed E-state index contributed by atoms with van der Waals surface area (Å²) in [6, 6.07) is 6.24. The molecule has 1 N–H and O–H groups in total. The Kier molecular flexibility index (Phi) is 6.87. The predicted octanol–water partition coefficient (Wildman–Crippen LogP) is 4.16. The van der Waals surface area contributed by atoms with Crippen LogP contribution < -0.4 is 14.8 Å². The highest BCUT2D eigenvalue weighted by Gasteiger charge is 2.32. The molecule has 0 unspecified atom stereocenters. The number of hydrogen-bond donors (Lipinski definition) is 1. The minimum atomic E-state index is -4.09. The molecule has 2 aliphatic rings. The molecule has 1 saturated heterocycles. The summed E-state index contributed by atoms with van der Waals surface area (Å²) < 4.78 is 48.8. The van der Waals surface area contributed by atoms with Crippen LogP contribution in [0.3, 0.4) is 0 Å². The van der Waals surface area contributed by atoms with Crippen molar-refractivity contribution in [1.82, 2.24) is 10.2 Å². The average Bonchev–Trinajstić information content (AvgIpc) is 2.86. The quantitative estimate of drug-likeness (QED) is 0.796. The van der Waals surface area contributed by atoms with E-state index >= 15 is 0 Å². The molecular formula is C20H29F3N2O2. The van der Waals surface area contributed by atoms with Crippen molar-refractivity contribution >= 4 is 0 Å². The standard InChI is InChI=1S/C20H29F3N2O2/c1-15(17-3-4-18-19(13-17)27-12-2-11-26-18)24-8-5-16-6-9-25(10-7-16)14-20(21,22)23/h3-4,13,15-16,24H,2,5-12,14H2,1H3/t15-/m0/s1. The molecule has 3 rings (SSSR count). The third-order valence-corrected chi connectivity index (χ3v) is 5.38. The fourth-order valence-electron chi connectivity index (χ4n) is 3.76. The van der Waals surface area contributed by atoms with Gasteiger partial charge in [-0.25, -0.2) is 0 Å². The average molecular weight is 386 g/mol. The fourth-order valence-corrected chi connectivity index (χ4v) is 3.76. The van der Waals surface area contributed by atoms with Crippen molar-refractivity contribution < 1.29 is 22.6 Å². The van der Waals surface area contributed by atoms with Crippen molar-refractivity contribution in [1.29, 1.82) is 0 Å². The number of benzene rings is 1. The summed E-state index contributed by atoms with van der Waals surface area (Å²) in [7, 11) is 0. The lowest BCUT2D eigenvalue weighted by Crippen LogP contribution is -2.40. The molecule has 1 aromatic carbocycles. The molecule has 0 aliphatic carbocycles. The zero-order valence-electron chi connectivity index (χ0n) is 15.9. The van der Waals surface area contributed by atoms with Crippen LogP contribution in [-0.2, 0) is 0 Å². The van der Waals surface area contributed by atoms with E-state index in [1.807, 2.05) is 12.1 Å². The summed E-state index contributed by atoms with van der Waals surface area (Å²) in [6.07, 6.45) is -0.521. The first kappa shape index (κ1) is 20.3. The minimum absolute atomic E-state index is 0.187. The number of ether oxygens (including phenoxy) is 2. The van der Waals surface area contributed by atoms with E-state index in [2.05, 4.69) is 18.3 Å². The molecule has 2 heterocycles. The van der Waals surface area contributed by atoms with Gasteiger partial charge in [-0.15, -0.1) is 0 Å². The van der Waals surface area contributed by atoms with Gasteiger partial charge in [-0.05, 0) is 69.4 Å². The number of likely N-dealkylation sites (tertiary alicyclic amines) is 1. The second kappa shape index (κ2) is 9.15. The Balaban J connectivity index is 1.40. The van der Waals surface area contributed by atoms with Gasteiger partial charge in [0.05, 0.1) is 19.8 Å². The van der Waals surface area contributed by atoms with E-state index in [0.29, 0.717) is 32.2 Å². The maximum atomic E-state index is 12.4. The molecule has 152 valence electrons. The van der Waals surface area contributed by atoms with Crippen molar-refractivity contribution in [3.8, 4) is 11.5 Å². The second-order valence-electron chi connectivity index (χ2n) is 7.56. The number of halogens is 3. The summed E-state index contributed by atoms with van der Waals surface area (Å²) in [4.78, 5) is 1.52. The lowest BCUT2D eigenvalue weighted by atomic mass is 9.93. The SMILES string of the molecule is C[C@H](NCCC1CCN(CC(F)(F)F)CC1)c1ccc2c(c1)OCCCO2. The lowest BCUT2D eigenvalue weighted by Gasteiger charge is -2.32. The van der Waals surface area contributed by atoms with E-state index in [1.165, 1.54) is 4.90 Å². The van der Waals surface area contributed by atoms with Gasteiger partial charge in [0, 0.05) is 12.5 Å².